The zero-order chi connectivity index (χ0) is 16.3. The first kappa shape index (κ1) is 31.8. The molecule has 23 heavy (non-hydrogen) atoms. The van der Waals surface area contributed by atoms with Gasteiger partial charge in [0.15, 0.2) is 0 Å². The van der Waals surface area contributed by atoms with Crippen LogP contribution in [0, 0.1) is 42.9 Å². The zero-order valence-corrected chi connectivity index (χ0v) is 21.7. The summed E-state index contributed by atoms with van der Waals surface area (Å²) >= 11 is 0. The van der Waals surface area contributed by atoms with Crippen molar-refractivity contribution in [3.63, 3.8) is 0 Å². The molecule has 0 spiro atoms. The van der Waals surface area contributed by atoms with E-state index < -0.39 is 0 Å². The average molecular weight is 554 g/mol. The monoisotopic (exact) mass is 553 g/mol. The van der Waals surface area contributed by atoms with Crippen molar-refractivity contribution < 1.29 is 31.1 Å². The van der Waals surface area contributed by atoms with Crippen molar-refractivity contribution in [3.05, 3.63) is 0 Å². The van der Waals surface area contributed by atoms with Gasteiger partial charge in [-0.05, 0) is 11.8 Å². The smallest absolute Gasteiger partial charge is 0 e. The third-order valence-corrected chi connectivity index (χ3v) is 4.47. The van der Waals surface area contributed by atoms with E-state index in [2.05, 4.69) is 27.7 Å². The number of hydrogen-bond donors (Lipinski definition) is 1. The van der Waals surface area contributed by atoms with Crippen molar-refractivity contribution in [2.24, 2.45) is 11.8 Å². The molecule has 2 heteroatoms. The quantitative estimate of drug-likeness (QED) is 0.365. The molecule has 2 rings (SSSR count). The van der Waals surface area contributed by atoms with Crippen LogP contribution in [0.2, 0.25) is 0 Å². The van der Waals surface area contributed by atoms with Gasteiger partial charge in [-0.25, -0.2) is 0 Å². The maximum absolute atomic E-state index is 2.18. The number of rotatable bonds is 2. The SMILES string of the molecule is C1CCC(C2CCCCC2)CC1.CC.CCC.CCCC.N.[U]. The summed E-state index contributed by atoms with van der Waals surface area (Å²) in [4.78, 5) is 0. The summed E-state index contributed by atoms with van der Waals surface area (Å²) in [7, 11) is 0. The van der Waals surface area contributed by atoms with Crippen LogP contribution in [0.4, 0.5) is 0 Å². The fourth-order valence-corrected chi connectivity index (χ4v) is 3.21. The van der Waals surface area contributed by atoms with E-state index in [1.807, 2.05) is 13.8 Å². The molecule has 2 aliphatic carbocycles. The summed E-state index contributed by atoms with van der Waals surface area (Å²) < 4.78 is 0. The van der Waals surface area contributed by atoms with Crippen LogP contribution in [-0.4, -0.2) is 0 Å². The topological polar surface area (TPSA) is 35.0 Å². The first-order valence-corrected chi connectivity index (χ1v) is 10.3. The first-order valence-electron chi connectivity index (χ1n) is 10.3. The third kappa shape index (κ3) is 21.0. The Balaban J connectivity index is -0.000000141. The van der Waals surface area contributed by atoms with Crippen LogP contribution < -0.4 is 6.15 Å². The summed E-state index contributed by atoms with van der Waals surface area (Å²) in [5.41, 5.74) is 0. The minimum atomic E-state index is 0. The van der Waals surface area contributed by atoms with Crippen molar-refractivity contribution in [1.29, 1.82) is 0 Å². The fraction of sp³-hybridized carbons (Fsp3) is 1.00. The van der Waals surface area contributed by atoms with Crippen LogP contribution in [0.25, 0.3) is 0 Å². The third-order valence-electron chi connectivity index (χ3n) is 4.47. The molecule has 0 aromatic rings. The maximum Gasteiger partial charge on any atom is 0 e. The van der Waals surface area contributed by atoms with Gasteiger partial charge >= 0.3 is 0 Å². The van der Waals surface area contributed by atoms with Gasteiger partial charge in [-0.15, -0.1) is 0 Å². The minimum absolute atomic E-state index is 0. The second-order valence-electron chi connectivity index (χ2n) is 6.50. The number of unbranched alkanes of at least 4 members (excludes halogenated alkanes) is 1. The second-order valence-corrected chi connectivity index (χ2v) is 6.50. The molecule has 2 aliphatic rings. The van der Waals surface area contributed by atoms with E-state index in [1.165, 1.54) is 57.8 Å². The van der Waals surface area contributed by atoms with Crippen LogP contribution in [-0.2, 0) is 0 Å². The molecule has 1 nitrogen and oxygen atoms in total. The van der Waals surface area contributed by atoms with E-state index in [0.29, 0.717) is 0 Å². The summed E-state index contributed by atoms with van der Waals surface area (Å²) in [6, 6.07) is 0. The van der Waals surface area contributed by atoms with Crippen LogP contribution in [0.5, 0.6) is 0 Å². The van der Waals surface area contributed by atoms with Crippen molar-refractivity contribution in [1.82, 2.24) is 6.15 Å². The van der Waals surface area contributed by atoms with E-state index in [4.69, 9.17) is 0 Å². The summed E-state index contributed by atoms with van der Waals surface area (Å²) in [5, 5.41) is 0. The average Bonchev–Trinajstić information content (AvgIpc) is 2.59. The molecule has 0 aromatic carbocycles. The van der Waals surface area contributed by atoms with Crippen LogP contribution >= 0.6 is 0 Å². The van der Waals surface area contributed by atoms with Crippen molar-refractivity contribution in [2.75, 3.05) is 0 Å². The van der Waals surface area contributed by atoms with E-state index >= 15 is 0 Å². The Bertz CT molecular complexity index is 143. The van der Waals surface area contributed by atoms with Crippen molar-refractivity contribution >= 4 is 0 Å². The van der Waals surface area contributed by atoms with Gasteiger partial charge in [-0.3, -0.25) is 0 Å². The molecule has 0 unspecified atom stereocenters. The maximum atomic E-state index is 2.18. The molecule has 0 saturated heterocycles. The van der Waals surface area contributed by atoms with E-state index in [0.717, 1.165) is 11.8 Å². The molecular weight excluding hydrogens is 504 g/mol. The molecule has 0 bridgehead atoms. The molecule has 0 aromatic heterocycles. The molecule has 0 radical (unpaired) electrons. The number of hydrogen-bond acceptors (Lipinski definition) is 1. The van der Waals surface area contributed by atoms with Gasteiger partial charge in [0.25, 0.3) is 0 Å². The largest absolute Gasteiger partial charge is 0.344 e. The van der Waals surface area contributed by atoms with E-state index in [9.17, 15) is 0 Å². The van der Waals surface area contributed by atoms with E-state index in [1.54, 1.807) is 25.7 Å². The first-order chi connectivity index (χ1) is 10.3. The standard InChI is InChI=1S/C12H22.C4H10.C3H8.C2H6.H3N.U/c1-3-7-11(8-4-1)12-9-5-2-6-10-12;1-3-4-2;1-3-2;1-2;;/h11-12H,1-10H2;3-4H2,1-2H3;3H2,1-2H3;1-2H3;1H3;. The summed E-state index contributed by atoms with van der Waals surface area (Å²) in [6.07, 6.45) is 19.3. The predicted octanol–water partition coefficient (Wildman–Crippen LogP) is 8.56. The van der Waals surface area contributed by atoms with E-state index in [-0.39, 0.29) is 37.3 Å². The molecular formula is C21H49NU. The van der Waals surface area contributed by atoms with Gasteiger partial charge < -0.3 is 6.15 Å². The molecule has 0 aliphatic heterocycles. The van der Waals surface area contributed by atoms with Crippen LogP contribution in [0.3, 0.4) is 0 Å². The van der Waals surface area contributed by atoms with Gasteiger partial charge in [-0.2, -0.15) is 0 Å². The molecule has 0 heterocycles. The summed E-state index contributed by atoms with van der Waals surface area (Å²) in [6.45, 7) is 12.6. The Labute approximate surface area is 173 Å². The molecule has 0 atom stereocenters. The molecule has 142 valence electrons. The predicted molar refractivity (Wildman–Crippen MR) is 106 cm³/mol. The normalized spacial score (nSPS) is 17.5. The van der Waals surface area contributed by atoms with Crippen LogP contribution in [0.1, 0.15) is 125 Å². The molecule has 0 amide bonds. The Morgan fingerprint density at radius 3 is 0.957 bits per heavy atom. The Morgan fingerprint density at radius 2 is 0.783 bits per heavy atom. The Morgan fingerprint density at radius 1 is 0.565 bits per heavy atom. The van der Waals surface area contributed by atoms with Crippen LogP contribution in [0.15, 0.2) is 0 Å². The van der Waals surface area contributed by atoms with Crippen molar-refractivity contribution in [3.8, 4) is 0 Å². The molecule has 3 N–H and O–H groups in total. The minimum Gasteiger partial charge on any atom is -0.344 e. The second kappa shape index (κ2) is 27.8. The zero-order valence-electron chi connectivity index (χ0n) is 17.6. The Kier molecular flexibility index (Phi) is 38.4. The fourth-order valence-electron chi connectivity index (χ4n) is 3.21. The van der Waals surface area contributed by atoms with Gasteiger partial charge in [0, 0.05) is 31.1 Å². The van der Waals surface area contributed by atoms with Gasteiger partial charge in [0.2, 0.25) is 0 Å². The Hall–Kier alpha value is 1.01. The summed E-state index contributed by atoms with van der Waals surface area (Å²) in [5.74, 6) is 2.28. The molecule has 2 fully saturated rings. The molecule has 2 saturated carbocycles. The van der Waals surface area contributed by atoms with Gasteiger partial charge in [0.05, 0.1) is 0 Å². The van der Waals surface area contributed by atoms with Crippen molar-refractivity contribution in [2.45, 2.75) is 125 Å². The van der Waals surface area contributed by atoms with Gasteiger partial charge in [-0.1, -0.05) is 125 Å². The van der Waals surface area contributed by atoms with Gasteiger partial charge in [0.1, 0.15) is 0 Å².